The molecule has 0 bridgehead atoms. The van der Waals surface area contributed by atoms with Crippen LogP contribution in [0.25, 0.3) is 0 Å². The largest absolute Gasteiger partial charge is 0.356 e. The van der Waals surface area contributed by atoms with Crippen LogP contribution in [0.1, 0.15) is 47.0 Å². The number of unbranched alkanes of at least 4 members (excludes halogenated alkanes) is 1. The van der Waals surface area contributed by atoms with Gasteiger partial charge >= 0.3 is 0 Å². The van der Waals surface area contributed by atoms with E-state index in [1.54, 1.807) is 0 Å². The van der Waals surface area contributed by atoms with E-state index in [-0.39, 0.29) is 11.8 Å². The maximum absolute atomic E-state index is 11.9. The second-order valence-corrected chi connectivity index (χ2v) is 6.13. The predicted octanol–water partition coefficient (Wildman–Crippen LogP) is 1.84. The third-order valence-corrected chi connectivity index (χ3v) is 3.53. The molecule has 114 valence electrons. The van der Waals surface area contributed by atoms with Gasteiger partial charge in [-0.3, -0.25) is 4.79 Å². The molecule has 0 heterocycles. The van der Waals surface area contributed by atoms with Crippen molar-refractivity contribution in [3.8, 4) is 0 Å². The summed E-state index contributed by atoms with van der Waals surface area (Å²) in [4.78, 5) is 14.2. The Labute approximate surface area is 119 Å². The van der Waals surface area contributed by atoms with Gasteiger partial charge in [-0.25, -0.2) is 0 Å². The number of nitrogens with two attached hydrogens (primary N) is 1. The van der Waals surface area contributed by atoms with Crippen LogP contribution in [0.5, 0.6) is 0 Å². The van der Waals surface area contributed by atoms with Crippen molar-refractivity contribution in [2.45, 2.75) is 53.0 Å². The Kier molecular flexibility index (Phi) is 9.88. The first-order valence-corrected chi connectivity index (χ1v) is 7.56. The Bertz CT molecular complexity index is 242. The molecule has 0 aromatic rings. The van der Waals surface area contributed by atoms with Gasteiger partial charge < -0.3 is 16.0 Å². The molecule has 0 aliphatic heterocycles. The van der Waals surface area contributed by atoms with Crippen molar-refractivity contribution in [1.82, 2.24) is 10.2 Å². The van der Waals surface area contributed by atoms with Crippen molar-refractivity contribution in [2.24, 2.45) is 17.6 Å². The summed E-state index contributed by atoms with van der Waals surface area (Å²) in [6.45, 7) is 10.9. The summed E-state index contributed by atoms with van der Waals surface area (Å²) in [6.07, 6.45) is 3.02. The number of nitrogens with one attached hydrogen (secondary N) is 1. The van der Waals surface area contributed by atoms with Crippen LogP contribution < -0.4 is 11.1 Å². The lowest BCUT2D eigenvalue weighted by molar-refractivity contribution is -0.125. The van der Waals surface area contributed by atoms with Crippen LogP contribution in [0.15, 0.2) is 0 Å². The zero-order valence-electron chi connectivity index (χ0n) is 13.4. The molecule has 0 saturated carbocycles. The monoisotopic (exact) mass is 271 g/mol. The van der Waals surface area contributed by atoms with E-state index in [1.807, 2.05) is 0 Å². The molecule has 0 aromatic carbocycles. The van der Waals surface area contributed by atoms with Gasteiger partial charge in [0.1, 0.15) is 0 Å². The Morgan fingerprint density at radius 2 is 1.84 bits per heavy atom. The third kappa shape index (κ3) is 9.00. The first-order chi connectivity index (χ1) is 8.88. The molecule has 3 N–H and O–H groups in total. The SMILES string of the molecule is CC(C)CC(CN)C(=O)NCCCCN(C)C(C)C. The lowest BCUT2D eigenvalue weighted by atomic mass is 9.96. The number of rotatable bonds is 10. The van der Waals surface area contributed by atoms with E-state index in [0.29, 0.717) is 18.5 Å². The van der Waals surface area contributed by atoms with Crippen LogP contribution in [0, 0.1) is 11.8 Å². The smallest absolute Gasteiger partial charge is 0.224 e. The average Bonchev–Trinajstić information content (AvgIpc) is 2.34. The second-order valence-electron chi connectivity index (χ2n) is 6.13. The maximum atomic E-state index is 11.9. The summed E-state index contributed by atoms with van der Waals surface area (Å²) >= 11 is 0. The minimum Gasteiger partial charge on any atom is -0.356 e. The van der Waals surface area contributed by atoms with E-state index in [4.69, 9.17) is 5.73 Å². The van der Waals surface area contributed by atoms with Crippen molar-refractivity contribution in [3.05, 3.63) is 0 Å². The maximum Gasteiger partial charge on any atom is 0.224 e. The highest BCUT2D eigenvalue weighted by atomic mass is 16.1. The first kappa shape index (κ1) is 18.4. The molecule has 1 unspecified atom stereocenters. The van der Waals surface area contributed by atoms with Gasteiger partial charge in [0.2, 0.25) is 5.91 Å². The minimum absolute atomic E-state index is 0.0293. The van der Waals surface area contributed by atoms with Gasteiger partial charge in [0.05, 0.1) is 5.92 Å². The number of carbonyl (C=O) groups is 1. The van der Waals surface area contributed by atoms with Crippen LogP contribution in [0.4, 0.5) is 0 Å². The molecule has 0 fully saturated rings. The third-order valence-electron chi connectivity index (χ3n) is 3.53. The van der Waals surface area contributed by atoms with E-state index >= 15 is 0 Å². The molecule has 0 spiro atoms. The second kappa shape index (κ2) is 10.2. The average molecular weight is 271 g/mol. The van der Waals surface area contributed by atoms with Crippen LogP contribution in [-0.4, -0.2) is 43.5 Å². The van der Waals surface area contributed by atoms with Gasteiger partial charge in [-0.15, -0.1) is 0 Å². The van der Waals surface area contributed by atoms with Crippen LogP contribution >= 0.6 is 0 Å². The lowest BCUT2D eigenvalue weighted by Gasteiger charge is -2.21. The summed E-state index contributed by atoms with van der Waals surface area (Å²) in [5.41, 5.74) is 5.66. The fraction of sp³-hybridized carbons (Fsp3) is 0.933. The zero-order valence-corrected chi connectivity index (χ0v) is 13.4. The fourth-order valence-electron chi connectivity index (χ4n) is 1.98. The van der Waals surface area contributed by atoms with Crippen LogP contribution in [0.2, 0.25) is 0 Å². The van der Waals surface area contributed by atoms with Crippen molar-refractivity contribution in [2.75, 3.05) is 26.7 Å². The van der Waals surface area contributed by atoms with Crippen molar-refractivity contribution >= 4 is 5.91 Å². The summed E-state index contributed by atoms with van der Waals surface area (Å²) < 4.78 is 0. The molecule has 0 aliphatic carbocycles. The summed E-state index contributed by atoms with van der Waals surface area (Å²) in [7, 11) is 2.14. The summed E-state index contributed by atoms with van der Waals surface area (Å²) in [6, 6.07) is 0.585. The number of hydrogen-bond acceptors (Lipinski definition) is 3. The van der Waals surface area contributed by atoms with Gasteiger partial charge in [-0.1, -0.05) is 13.8 Å². The van der Waals surface area contributed by atoms with Crippen LogP contribution in [-0.2, 0) is 4.79 Å². The van der Waals surface area contributed by atoms with E-state index in [1.165, 1.54) is 0 Å². The van der Waals surface area contributed by atoms with Crippen LogP contribution in [0.3, 0.4) is 0 Å². The fourth-order valence-corrected chi connectivity index (χ4v) is 1.98. The Morgan fingerprint density at radius 3 is 2.32 bits per heavy atom. The Hall–Kier alpha value is -0.610. The molecule has 0 rings (SSSR count). The Balaban J connectivity index is 3.73. The van der Waals surface area contributed by atoms with Crippen molar-refractivity contribution in [1.29, 1.82) is 0 Å². The molecular weight excluding hydrogens is 238 g/mol. The van der Waals surface area contributed by atoms with Gasteiger partial charge in [0.15, 0.2) is 0 Å². The molecule has 0 radical (unpaired) electrons. The van der Waals surface area contributed by atoms with Gasteiger partial charge in [0, 0.05) is 19.1 Å². The molecule has 4 heteroatoms. The predicted molar refractivity (Wildman–Crippen MR) is 82.0 cm³/mol. The highest BCUT2D eigenvalue weighted by Gasteiger charge is 2.17. The van der Waals surface area contributed by atoms with Gasteiger partial charge in [0.25, 0.3) is 0 Å². The van der Waals surface area contributed by atoms with Crippen molar-refractivity contribution < 1.29 is 4.79 Å². The summed E-state index contributed by atoms with van der Waals surface area (Å²) in [5.74, 6) is 0.603. The van der Waals surface area contributed by atoms with Gasteiger partial charge in [-0.2, -0.15) is 0 Å². The zero-order chi connectivity index (χ0) is 14.8. The molecule has 0 aromatic heterocycles. The lowest BCUT2D eigenvalue weighted by Crippen LogP contribution is -2.36. The quantitative estimate of drug-likeness (QED) is 0.596. The minimum atomic E-state index is -0.0293. The molecule has 1 atom stereocenters. The van der Waals surface area contributed by atoms with E-state index in [0.717, 1.165) is 32.4 Å². The number of hydrogen-bond donors (Lipinski definition) is 2. The molecule has 4 nitrogen and oxygen atoms in total. The molecule has 0 aliphatic rings. The molecule has 0 saturated heterocycles. The normalized spacial score (nSPS) is 13.3. The van der Waals surface area contributed by atoms with E-state index in [9.17, 15) is 4.79 Å². The van der Waals surface area contributed by atoms with Crippen molar-refractivity contribution in [3.63, 3.8) is 0 Å². The highest BCUT2D eigenvalue weighted by Crippen LogP contribution is 2.10. The highest BCUT2D eigenvalue weighted by molar-refractivity contribution is 5.78. The van der Waals surface area contributed by atoms with Gasteiger partial charge in [-0.05, 0) is 52.6 Å². The molecular formula is C15H33N3O. The number of amides is 1. The Morgan fingerprint density at radius 1 is 1.21 bits per heavy atom. The number of carbonyl (C=O) groups excluding carboxylic acids is 1. The molecule has 1 amide bonds. The van der Waals surface area contributed by atoms with E-state index in [2.05, 4.69) is 45.0 Å². The number of nitrogens with zero attached hydrogens (tertiary/aromatic N) is 1. The standard InChI is InChI=1S/C15H33N3O/c1-12(2)10-14(11-16)15(19)17-8-6-7-9-18(5)13(3)4/h12-14H,6-11,16H2,1-5H3,(H,17,19). The molecule has 19 heavy (non-hydrogen) atoms. The van der Waals surface area contributed by atoms with E-state index < -0.39 is 0 Å². The topological polar surface area (TPSA) is 58.4 Å². The first-order valence-electron chi connectivity index (χ1n) is 7.56. The summed E-state index contributed by atoms with van der Waals surface area (Å²) in [5, 5.41) is 3.00.